The van der Waals surface area contributed by atoms with Crippen LogP contribution in [0.3, 0.4) is 0 Å². The summed E-state index contributed by atoms with van der Waals surface area (Å²) in [5, 5.41) is 6.08. The lowest BCUT2D eigenvalue weighted by atomic mass is 10.1. The van der Waals surface area contributed by atoms with Crippen LogP contribution in [0, 0.1) is 0 Å². The van der Waals surface area contributed by atoms with Gasteiger partial charge in [-0.25, -0.2) is 4.98 Å². The van der Waals surface area contributed by atoms with Crippen molar-refractivity contribution in [3.8, 4) is 0 Å². The third kappa shape index (κ3) is 6.73. The van der Waals surface area contributed by atoms with Gasteiger partial charge in [-0.05, 0) is 24.1 Å². The fraction of sp³-hybridized carbons (Fsp3) is 0.389. The molecule has 1 aromatic carbocycles. The van der Waals surface area contributed by atoms with Gasteiger partial charge in [0.1, 0.15) is 5.82 Å². The molecule has 1 heterocycles. The van der Waals surface area contributed by atoms with E-state index in [1.807, 2.05) is 18.2 Å². The number of hydrogen-bond acceptors (Lipinski definition) is 3. The zero-order chi connectivity index (χ0) is 19.8. The summed E-state index contributed by atoms with van der Waals surface area (Å²) in [6, 6.07) is 7.44. The van der Waals surface area contributed by atoms with Crippen LogP contribution in [0.1, 0.15) is 28.3 Å². The molecule has 154 valence electrons. The van der Waals surface area contributed by atoms with Gasteiger partial charge in [-0.3, -0.25) is 14.4 Å². The van der Waals surface area contributed by atoms with Crippen LogP contribution in [-0.2, 0) is 13.0 Å². The molecule has 0 saturated heterocycles. The van der Waals surface area contributed by atoms with Crippen molar-refractivity contribution in [1.29, 1.82) is 0 Å². The zero-order valence-corrected chi connectivity index (χ0v) is 18.4. The van der Waals surface area contributed by atoms with Crippen molar-refractivity contribution >= 4 is 35.8 Å². The van der Waals surface area contributed by atoms with E-state index in [4.69, 9.17) is 0 Å². The van der Waals surface area contributed by atoms with E-state index in [0.29, 0.717) is 24.5 Å². The highest BCUT2D eigenvalue weighted by molar-refractivity contribution is 14.0. The van der Waals surface area contributed by atoms with Crippen molar-refractivity contribution in [2.75, 3.05) is 27.7 Å². The monoisotopic (exact) mass is 506 g/mol. The van der Waals surface area contributed by atoms with E-state index in [1.165, 1.54) is 17.3 Å². The molecule has 1 amide bonds. The van der Waals surface area contributed by atoms with Crippen LogP contribution >= 0.6 is 24.0 Å². The SMILES string of the molecule is CN=C(NCCc1cccc(C(=O)N(C)C)c1)NCc1nccn1C(F)F.I. The Kier molecular flexibility index (Phi) is 9.83. The molecule has 7 nitrogen and oxygen atoms in total. The molecule has 28 heavy (non-hydrogen) atoms. The van der Waals surface area contributed by atoms with E-state index in [-0.39, 0.29) is 42.3 Å². The summed E-state index contributed by atoms with van der Waals surface area (Å²) in [5.74, 6) is 0.666. The van der Waals surface area contributed by atoms with Crippen molar-refractivity contribution in [2.45, 2.75) is 19.5 Å². The summed E-state index contributed by atoms with van der Waals surface area (Å²) < 4.78 is 26.4. The van der Waals surface area contributed by atoms with Crippen LogP contribution in [0.25, 0.3) is 0 Å². The topological polar surface area (TPSA) is 74.6 Å². The van der Waals surface area contributed by atoms with Crippen molar-refractivity contribution in [3.05, 3.63) is 53.6 Å². The lowest BCUT2D eigenvalue weighted by Crippen LogP contribution is -2.38. The number of nitrogens with one attached hydrogen (secondary N) is 2. The third-order valence-corrected chi connectivity index (χ3v) is 3.88. The molecule has 0 aliphatic rings. The molecule has 1 aromatic heterocycles. The number of aromatic nitrogens is 2. The first-order valence-corrected chi connectivity index (χ1v) is 8.47. The van der Waals surface area contributed by atoms with Gasteiger partial charge in [-0.15, -0.1) is 24.0 Å². The van der Waals surface area contributed by atoms with Crippen LogP contribution in [0.2, 0.25) is 0 Å². The number of carbonyl (C=O) groups excluding carboxylic acids is 1. The van der Waals surface area contributed by atoms with Crippen molar-refractivity contribution < 1.29 is 13.6 Å². The maximum Gasteiger partial charge on any atom is 0.319 e. The Labute approximate surface area is 180 Å². The molecule has 0 fully saturated rings. The number of guanidine groups is 1. The summed E-state index contributed by atoms with van der Waals surface area (Å²) in [5.41, 5.74) is 1.65. The molecule has 0 unspecified atom stereocenters. The highest BCUT2D eigenvalue weighted by atomic mass is 127. The van der Waals surface area contributed by atoms with Gasteiger partial charge < -0.3 is 15.5 Å². The second kappa shape index (κ2) is 11.6. The van der Waals surface area contributed by atoms with Gasteiger partial charge >= 0.3 is 6.55 Å². The summed E-state index contributed by atoms with van der Waals surface area (Å²) in [4.78, 5) is 21.5. The van der Waals surface area contributed by atoms with Gasteiger partial charge in [0.05, 0.1) is 6.54 Å². The molecule has 0 bridgehead atoms. The van der Waals surface area contributed by atoms with Gasteiger partial charge in [-0.1, -0.05) is 12.1 Å². The highest BCUT2D eigenvalue weighted by Crippen LogP contribution is 2.12. The lowest BCUT2D eigenvalue weighted by molar-refractivity contribution is 0.0668. The van der Waals surface area contributed by atoms with E-state index in [2.05, 4.69) is 20.6 Å². The van der Waals surface area contributed by atoms with E-state index < -0.39 is 6.55 Å². The maximum atomic E-state index is 12.8. The largest absolute Gasteiger partial charge is 0.356 e. The first-order valence-electron chi connectivity index (χ1n) is 8.47. The average molecular weight is 506 g/mol. The number of alkyl halides is 2. The molecule has 0 saturated carbocycles. The Morgan fingerprint density at radius 1 is 1.32 bits per heavy atom. The lowest BCUT2D eigenvalue weighted by Gasteiger charge is -2.13. The Morgan fingerprint density at radius 3 is 2.71 bits per heavy atom. The summed E-state index contributed by atoms with van der Waals surface area (Å²) >= 11 is 0. The first kappa shape index (κ1) is 23.8. The summed E-state index contributed by atoms with van der Waals surface area (Å²) in [6.07, 6.45) is 3.25. The first-order chi connectivity index (χ1) is 12.9. The number of hydrogen-bond donors (Lipinski definition) is 2. The predicted molar refractivity (Wildman–Crippen MR) is 115 cm³/mol. The van der Waals surface area contributed by atoms with E-state index >= 15 is 0 Å². The third-order valence-electron chi connectivity index (χ3n) is 3.88. The number of halogens is 3. The van der Waals surface area contributed by atoms with Gasteiger partial charge in [-0.2, -0.15) is 8.78 Å². The minimum Gasteiger partial charge on any atom is -0.356 e. The number of rotatable bonds is 7. The zero-order valence-electron chi connectivity index (χ0n) is 16.0. The minimum atomic E-state index is -2.63. The van der Waals surface area contributed by atoms with E-state index in [0.717, 1.165) is 10.1 Å². The maximum absolute atomic E-state index is 12.8. The Bertz CT molecular complexity index is 794. The highest BCUT2D eigenvalue weighted by Gasteiger charge is 2.11. The molecule has 0 spiro atoms. The normalized spacial score (nSPS) is 11.1. The summed E-state index contributed by atoms with van der Waals surface area (Å²) in [6.45, 7) is -1.93. The van der Waals surface area contributed by atoms with Crippen LogP contribution in [0.5, 0.6) is 0 Å². The number of carbonyl (C=O) groups is 1. The molecule has 2 rings (SSSR count). The fourth-order valence-electron chi connectivity index (χ4n) is 2.49. The van der Waals surface area contributed by atoms with Crippen molar-refractivity contribution in [2.24, 2.45) is 4.99 Å². The molecular formula is C18H25F2IN6O. The van der Waals surface area contributed by atoms with Crippen molar-refractivity contribution in [3.63, 3.8) is 0 Å². The van der Waals surface area contributed by atoms with Crippen LogP contribution < -0.4 is 10.6 Å². The molecular weight excluding hydrogens is 481 g/mol. The summed E-state index contributed by atoms with van der Waals surface area (Å²) in [7, 11) is 5.03. The smallest absolute Gasteiger partial charge is 0.319 e. The molecule has 0 aliphatic heterocycles. The number of amides is 1. The van der Waals surface area contributed by atoms with Gasteiger partial charge in [0, 0.05) is 45.6 Å². The molecule has 2 N–H and O–H groups in total. The number of benzene rings is 1. The molecule has 2 aromatic rings. The Morgan fingerprint density at radius 2 is 2.07 bits per heavy atom. The fourth-order valence-corrected chi connectivity index (χ4v) is 2.49. The number of imidazole rings is 1. The number of aliphatic imine (C=N–C) groups is 1. The van der Waals surface area contributed by atoms with Gasteiger partial charge in [0.2, 0.25) is 0 Å². The molecule has 0 aliphatic carbocycles. The van der Waals surface area contributed by atoms with E-state index in [9.17, 15) is 13.6 Å². The Hall–Kier alpha value is -2.24. The average Bonchev–Trinajstić information content (AvgIpc) is 3.13. The van der Waals surface area contributed by atoms with Crippen LogP contribution in [0.4, 0.5) is 8.78 Å². The number of nitrogens with zero attached hydrogens (tertiary/aromatic N) is 4. The van der Waals surface area contributed by atoms with Crippen LogP contribution in [-0.4, -0.2) is 54.0 Å². The standard InChI is InChI=1S/C18H24F2N6O.HI/c1-21-18(24-12-15-22-9-10-26(15)17(19)20)23-8-7-13-5-4-6-14(11-13)16(27)25(2)3;/h4-6,9-11,17H,7-8,12H2,1-3H3,(H2,21,23,24);1H. The van der Waals surface area contributed by atoms with E-state index in [1.54, 1.807) is 27.2 Å². The second-order valence-electron chi connectivity index (χ2n) is 6.03. The van der Waals surface area contributed by atoms with Crippen molar-refractivity contribution in [1.82, 2.24) is 25.1 Å². The molecule has 0 radical (unpaired) electrons. The molecule has 10 heteroatoms. The van der Waals surface area contributed by atoms with Crippen LogP contribution in [0.15, 0.2) is 41.7 Å². The minimum absolute atomic E-state index is 0. The second-order valence-corrected chi connectivity index (χ2v) is 6.03. The predicted octanol–water partition coefficient (Wildman–Crippen LogP) is 2.51. The van der Waals surface area contributed by atoms with Gasteiger partial charge in [0.25, 0.3) is 5.91 Å². The quantitative estimate of drug-likeness (QED) is 0.344. The molecule has 0 atom stereocenters. The Balaban J connectivity index is 0.00000392. The van der Waals surface area contributed by atoms with Gasteiger partial charge in [0.15, 0.2) is 5.96 Å².